The second kappa shape index (κ2) is 8.13. The van der Waals surface area contributed by atoms with Crippen molar-refractivity contribution >= 4 is 23.7 Å². The van der Waals surface area contributed by atoms with Crippen LogP contribution in [0.15, 0.2) is 0 Å². The fraction of sp³-hybridized carbons (Fsp3) is 0.667. The van der Waals surface area contributed by atoms with Gasteiger partial charge in [-0.3, -0.25) is 14.4 Å². The third-order valence-corrected chi connectivity index (χ3v) is 2.48. The molecule has 0 fully saturated rings. The number of amides is 3. The lowest BCUT2D eigenvalue weighted by molar-refractivity contribution is -0.144. The van der Waals surface area contributed by atoms with E-state index in [1.165, 1.54) is 34.8 Å². The number of carbonyl (C=O) groups excluding carboxylic acids is 4. The zero-order valence-corrected chi connectivity index (χ0v) is 12.3. The van der Waals surface area contributed by atoms with Crippen molar-refractivity contribution in [1.29, 1.82) is 0 Å². The van der Waals surface area contributed by atoms with Crippen LogP contribution >= 0.6 is 0 Å². The van der Waals surface area contributed by atoms with Gasteiger partial charge >= 0.3 is 5.97 Å². The van der Waals surface area contributed by atoms with E-state index in [9.17, 15) is 19.2 Å². The highest BCUT2D eigenvalue weighted by atomic mass is 16.5. The van der Waals surface area contributed by atoms with E-state index in [1.807, 2.05) is 0 Å². The minimum atomic E-state index is -0.842. The highest BCUT2D eigenvalue weighted by molar-refractivity contribution is 5.92. The third-order valence-electron chi connectivity index (χ3n) is 2.48. The van der Waals surface area contributed by atoms with Crippen molar-refractivity contribution in [3.05, 3.63) is 0 Å². The molecule has 0 aromatic carbocycles. The van der Waals surface area contributed by atoms with Crippen LogP contribution in [0.1, 0.15) is 27.7 Å². The number of esters is 1. The molecule has 0 aliphatic rings. The zero-order valence-electron chi connectivity index (χ0n) is 12.3. The topological polar surface area (TPSA) is 114 Å². The molecule has 114 valence electrons. The van der Waals surface area contributed by atoms with Crippen molar-refractivity contribution in [3.8, 4) is 0 Å². The summed E-state index contributed by atoms with van der Waals surface area (Å²) in [7, 11) is 1.21. The number of ether oxygens (including phenoxy) is 1. The van der Waals surface area contributed by atoms with Gasteiger partial charge in [-0.15, -0.1) is 0 Å². The molecule has 0 unspecified atom stereocenters. The first kappa shape index (κ1) is 17.9. The highest BCUT2D eigenvalue weighted by Crippen LogP contribution is 1.91. The molecule has 3 amide bonds. The molecule has 0 aromatic rings. The van der Waals surface area contributed by atoms with Crippen molar-refractivity contribution < 1.29 is 23.9 Å². The summed E-state index contributed by atoms with van der Waals surface area (Å²) in [6.45, 7) is 5.73. The lowest BCUT2D eigenvalue weighted by atomic mass is 10.2. The summed E-state index contributed by atoms with van der Waals surface area (Å²) >= 11 is 0. The maximum Gasteiger partial charge on any atom is 0.328 e. The summed E-state index contributed by atoms with van der Waals surface area (Å²) in [4.78, 5) is 45.4. The van der Waals surface area contributed by atoms with Crippen LogP contribution < -0.4 is 16.0 Å². The van der Waals surface area contributed by atoms with E-state index in [-0.39, 0.29) is 5.91 Å². The number of hydrogen-bond acceptors (Lipinski definition) is 5. The largest absolute Gasteiger partial charge is 0.467 e. The van der Waals surface area contributed by atoms with E-state index < -0.39 is 35.9 Å². The molecule has 8 nitrogen and oxygen atoms in total. The van der Waals surface area contributed by atoms with Crippen molar-refractivity contribution in [1.82, 2.24) is 16.0 Å². The Kier molecular flexibility index (Phi) is 7.27. The predicted octanol–water partition coefficient (Wildman–Crippen LogP) is -1.31. The molecule has 8 heteroatoms. The Balaban J connectivity index is 4.35. The standard InChI is InChI=1S/C12H21N3O5/c1-6(13-9(4)16)10(17)14-7(2)11(18)15-8(3)12(19)20-5/h6-8H,1-5H3,(H,13,16)(H,14,17)(H,15,18)/t6-,7+,8-/m1/s1. The zero-order chi connectivity index (χ0) is 15.9. The molecule has 3 atom stereocenters. The molecule has 0 bridgehead atoms. The van der Waals surface area contributed by atoms with Crippen molar-refractivity contribution in [2.75, 3.05) is 7.11 Å². The van der Waals surface area contributed by atoms with Crippen LogP contribution in [0, 0.1) is 0 Å². The number of nitrogens with one attached hydrogen (secondary N) is 3. The first-order valence-corrected chi connectivity index (χ1v) is 6.14. The normalized spacial score (nSPS) is 14.4. The molecule has 0 aliphatic heterocycles. The summed E-state index contributed by atoms with van der Waals surface area (Å²) in [6.07, 6.45) is 0. The Morgan fingerprint density at radius 1 is 0.800 bits per heavy atom. The van der Waals surface area contributed by atoms with Gasteiger partial charge in [0.15, 0.2) is 0 Å². The number of methoxy groups -OCH3 is 1. The van der Waals surface area contributed by atoms with Gasteiger partial charge < -0.3 is 20.7 Å². The van der Waals surface area contributed by atoms with Gasteiger partial charge in [-0.2, -0.15) is 0 Å². The van der Waals surface area contributed by atoms with Gasteiger partial charge in [0.25, 0.3) is 0 Å². The summed E-state index contributed by atoms with van der Waals surface area (Å²) in [5, 5.41) is 7.23. The molecule has 0 aromatic heterocycles. The van der Waals surface area contributed by atoms with Crippen LogP contribution in [-0.4, -0.2) is 48.9 Å². The number of hydrogen-bond donors (Lipinski definition) is 3. The lowest BCUT2D eigenvalue weighted by Gasteiger charge is -2.19. The van der Waals surface area contributed by atoms with Crippen molar-refractivity contribution in [3.63, 3.8) is 0 Å². The van der Waals surface area contributed by atoms with Crippen LogP contribution in [0.25, 0.3) is 0 Å². The molecular weight excluding hydrogens is 266 g/mol. The van der Waals surface area contributed by atoms with E-state index in [4.69, 9.17) is 0 Å². The van der Waals surface area contributed by atoms with Gasteiger partial charge in [0, 0.05) is 6.92 Å². The Bertz CT molecular complexity index is 397. The predicted molar refractivity (Wildman–Crippen MR) is 70.5 cm³/mol. The minimum Gasteiger partial charge on any atom is -0.467 e. The molecule has 0 radical (unpaired) electrons. The smallest absolute Gasteiger partial charge is 0.328 e. The summed E-state index contributed by atoms with van der Waals surface area (Å²) in [5.41, 5.74) is 0. The second-order valence-corrected chi connectivity index (χ2v) is 4.41. The number of carbonyl (C=O) groups is 4. The van der Waals surface area contributed by atoms with E-state index in [0.29, 0.717) is 0 Å². The molecule has 0 spiro atoms. The van der Waals surface area contributed by atoms with Crippen molar-refractivity contribution in [2.45, 2.75) is 45.8 Å². The number of rotatable bonds is 6. The Morgan fingerprint density at radius 3 is 1.60 bits per heavy atom. The van der Waals surface area contributed by atoms with Gasteiger partial charge in [-0.05, 0) is 20.8 Å². The van der Waals surface area contributed by atoms with E-state index in [0.717, 1.165) is 0 Å². The quantitative estimate of drug-likeness (QED) is 0.525. The monoisotopic (exact) mass is 287 g/mol. The summed E-state index contributed by atoms with van der Waals surface area (Å²) in [6, 6.07) is -2.40. The SMILES string of the molecule is COC(=O)[C@@H](C)NC(=O)[C@H](C)NC(=O)[C@@H](C)NC(C)=O. The Hall–Kier alpha value is -2.12. The third kappa shape index (κ3) is 6.17. The van der Waals surface area contributed by atoms with Gasteiger partial charge in [-0.1, -0.05) is 0 Å². The average molecular weight is 287 g/mol. The van der Waals surface area contributed by atoms with E-state index in [2.05, 4.69) is 20.7 Å². The van der Waals surface area contributed by atoms with E-state index >= 15 is 0 Å². The highest BCUT2D eigenvalue weighted by Gasteiger charge is 2.23. The molecule has 0 rings (SSSR count). The van der Waals surface area contributed by atoms with Gasteiger partial charge in [0.05, 0.1) is 7.11 Å². The van der Waals surface area contributed by atoms with Gasteiger partial charge in [0.2, 0.25) is 17.7 Å². The van der Waals surface area contributed by atoms with Crippen molar-refractivity contribution in [2.24, 2.45) is 0 Å². The fourth-order valence-electron chi connectivity index (χ4n) is 1.35. The summed E-state index contributed by atoms with van der Waals surface area (Å²) in [5.74, 6) is -1.94. The fourth-order valence-corrected chi connectivity index (χ4v) is 1.35. The first-order valence-electron chi connectivity index (χ1n) is 6.14. The second-order valence-electron chi connectivity index (χ2n) is 4.41. The van der Waals surface area contributed by atoms with Crippen LogP contribution in [-0.2, 0) is 23.9 Å². The molecule has 20 heavy (non-hydrogen) atoms. The maximum atomic E-state index is 11.7. The minimum absolute atomic E-state index is 0.343. The molecule has 0 heterocycles. The Labute approximate surface area is 117 Å². The Morgan fingerprint density at radius 2 is 1.20 bits per heavy atom. The van der Waals surface area contributed by atoms with Crippen LogP contribution in [0.4, 0.5) is 0 Å². The van der Waals surface area contributed by atoms with Crippen LogP contribution in [0.5, 0.6) is 0 Å². The molecule has 0 aliphatic carbocycles. The van der Waals surface area contributed by atoms with Crippen LogP contribution in [0.2, 0.25) is 0 Å². The molecule has 0 saturated heterocycles. The van der Waals surface area contributed by atoms with Gasteiger partial charge in [0.1, 0.15) is 18.1 Å². The lowest BCUT2D eigenvalue weighted by Crippen LogP contribution is -2.53. The van der Waals surface area contributed by atoms with Gasteiger partial charge in [-0.25, -0.2) is 4.79 Å². The first-order chi connectivity index (χ1) is 9.18. The van der Waals surface area contributed by atoms with E-state index in [1.54, 1.807) is 0 Å². The molecular formula is C12H21N3O5. The molecule has 0 saturated carbocycles. The summed E-state index contributed by atoms with van der Waals surface area (Å²) < 4.78 is 4.47. The molecule has 3 N–H and O–H groups in total. The van der Waals surface area contributed by atoms with Crippen LogP contribution in [0.3, 0.4) is 0 Å². The maximum absolute atomic E-state index is 11.7. The average Bonchev–Trinajstić information content (AvgIpc) is 2.36.